The Hall–Kier alpha value is -2.66. The lowest BCUT2D eigenvalue weighted by Gasteiger charge is -2.40. The highest BCUT2D eigenvalue weighted by atomic mass is 35.5. The van der Waals surface area contributed by atoms with Crippen molar-refractivity contribution >= 4 is 34.6 Å². The molecule has 1 N–H and O–H groups in total. The number of nitriles is 1. The van der Waals surface area contributed by atoms with Crippen LogP contribution in [0, 0.1) is 11.3 Å². The number of Topliss-reactive ketones (excluding diaryl/α,β-unsaturated/α-hetero) is 1. The van der Waals surface area contributed by atoms with Gasteiger partial charge in [0.15, 0.2) is 16.5 Å². The van der Waals surface area contributed by atoms with Crippen LogP contribution in [-0.2, 0) is 16.0 Å². The second kappa shape index (κ2) is 8.12. The van der Waals surface area contributed by atoms with Crippen LogP contribution in [-0.4, -0.2) is 32.1 Å². The van der Waals surface area contributed by atoms with Crippen LogP contribution in [0.25, 0.3) is 5.57 Å². The zero-order chi connectivity index (χ0) is 23.1. The Bertz CT molecular complexity index is 1150. The van der Waals surface area contributed by atoms with Crippen LogP contribution in [0.2, 0.25) is 10.4 Å². The number of benzene rings is 1. The molecule has 0 unspecified atom stereocenters. The van der Waals surface area contributed by atoms with E-state index >= 15 is 0 Å². The van der Waals surface area contributed by atoms with E-state index in [1.54, 1.807) is 45.9 Å². The van der Waals surface area contributed by atoms with Gasteiger partial charge in [0, 0.05) is 0 Å². The van der Waals surface area contributed by atoms with E-state index in [-0.39, 0.29) is 44.7 Å². The van der Waals surface area contributed by atoms with E-state index in [4.69, 9.17) is 32.7 Å². The van der Waals surface area contributed by atoms with Gasteiger partial charge >= 0.3 is 0 Å². The van der Waals surface area contributed by atoms with Gasteiger partial charge in [-0.3, -0.25) is 4.79 Å². The number of hydrogen-bond donors (Lipinski definition) is 1. The molecule has 1 aromatic heterocycles. The molecule has 9 heteroatoms. The van der Waals surface area contributed by atoms with Crippen molar-refractivity contribution in [3.8, 4) is 17.7 Å². The molecule has 0 atom stereocenters. The van der Waals surface area contributed by atoms with Crippen molar-refractivity contribution in [2.75, 3.05) is 0 Å². The number of aliphatic hydroxyl groups is 1. The number of hydrogen-bond acceptors (Lipinski definition) is 7. The van der Waals surface area contributed by atoms with Crippen LogP contribution >= 0.6 is 23.2 Å². The number of ketones is 1. The van der Waals surface area contributed by atoms with E-state index in [0.29, 0.717) is 12.0 Å². The molecule has 0 saturated carbocycles. The lowest BCUT2D eigenvalue weighted by atomic mass is 9.81. The van der Waals surface area contributed by atoms with E-state index < -0.39 is 11.2 Å². The fraction of sp³-hybridized carbons (Fsp3) is 0.364. The van der Waals surface area contributed by atoms with Crippen molar-refractivity contribution in [1.29, 1.82) is 5.26 Å². The second-order valence-electron chi connectivity index (χ2n) is 8.03. The number of rotatable bonds is 4. The first-order valence-corrected chi connectivity index (χ1v) is 10.3. The van der Waals surface area contributed by atoms with Gasteiger partial charge in [0.1, 0.15) is 28.8 Å². The molecular formula is C22H21Cl2N3O4. The number of carbonyl (C=O) groups is 1. The summed E-state index contributed by atoms with van der Waals surface area (Å²) in [5.41, 5.74) is -0.751. The fourth-order valence-electron chi connectivity index (χ4n) is 3.52. The van der Waals surface area contributed by atoms with E-state index in [9.17, 15) is 15.2 Å². The normalized spacial score (nSPS) is 17.4. The molecule has 0 bridgehead atoms. The maximum atomic E-state index is 13.2. The zero-order valence-corrected chi connectivity index (χ0v) is 19.2. The lowest BCUT2D eigenvalue weighted by molar-refractivity contribution is -0.158. The van der Waals surface area contributed by atoms with Crippen molar-refractivity contribution < 1.29 is 19.4 Å². The van der Waals surface area contributed by atoms with Crippen molar-refractivity contribution in [2.45, 2.75) is 52.2 Å². The molecule has 31 heavy (non-hydrogen) atoms. The average Bonchev–Trinajstić information content (AvgIpc) is 2.66. The van der Waals surface area contributed by atoms with Crippen LogP contribution in [0.15, 0.2) is 24.0 Å². The van der Waals surface area contributed by atoms with Gasteiger partial charge in [0.25, 0.3) is 0 Å². The van der Waals surface area contributed by atoms with Gasteiger partial charge in [-0.15, -0.1) is 0 Å². The number of ether oxygens (including phenoxy) is 2. The average molecular weight is 462 g/mol. The molecule has 1 aliphatic rings. The van der Waals surface area contributed by atoms with Crippen LogP contribution in [0.1, 0.15) is 51.3 Å². The van der Waals surface area contributed by atoms with Gasteiger partial charge in [-0.1, -0.05) is 24.6 Å². The van der Waals surface area contributed by atoms with E-state index in [1.807, 2.05) is 13.0 Å². The predicted molar refractivity (Wildman–Crippen MR) is 116 cm³/mol. The minimum atomic E-state index is -1.13. The number of halogens is 2. The minimum absolute atomic E-state index is 0.0707. The molecule has 1 aromatic carbocycles. The molecule has 2 aromatic rings. The molecule has 7 nitrogen and oxygen atoms in total. The highest BCUT2D eigenvalue weighted by Crippen LogP contribution is 2.42. The molecule has 0 spiro atoms. The van der Waals surface area contributed by atoms with Gasteiger partial charge in [0.05, 0.1) is 5.57 Å². The van der Waals surface area contributed by atoms with E-state index in [2.05, 4.69) is 9.97 Å². The number of nitrogens with zero attached hydrogens (tertiary/aromatic N) is 3. The monoisotopic (exact) mass is 461 g/mol. The second-order valence-corrected chi connectivity index (χ2v) is 8.72. The van der Waals surface area contributed by atoms with Gasteiger partial charge in [0.2, 0.25) is 11.2 Å². The zero-order valence-electron chi connectivity index (χ0n) is 17.7. The number of carbonyl (C=O) groups excluding carboxylic acids is 1. The molecule has 0 saturated heterocycles. The Morgan fingerprint density at radius 3 is 2.48 bits per heavy atom. The highest BCUT2D eigenvalue weighted by Gasteiger charge is 2.47. The van der Waals surface area contributed by atoms with E-state index in [0.717, 1.165) is 5.56 Å². The Kier molecular flexibility index (Phi) is 6.03. The molecule has 0 amide bonds. The first kappa shape index (κ1) is 23.0. The quantitative estimate of drug-likeness (QED) is 0.477. The number of aliphatic hydroxyl groups excluding tert-OH is 1. The van der Waals surface area contributed by atoms with Gasteiger partial charge in [-0.2, -0.15) is 10.2 Å². The Morgan fingerprint density at radius 2 is 1.87 bits per heavy atom. The van der Waals surface area contributed by atoms with Crippen LogP contribution in [0.3, 0.4) is 0 Å². The molecule has 1 aliphatic heterocycles. The summed E-state index contributed by atoms with van der Waals surface area (Å²) in [6.07, 6.45) is 0.607. The number of aromatic nitrogens is 2. The maximum Gasteiger partial charge on any atom is 0.243 e. The van der Waals surface area contributed by atoms with Crippen molar-refractivity contribution in [3.63, 3.8) is 0 Å². The summed E-state index contributed by atoms with van der Waals surface area (Å²) in [4.78, 5) is 20.9. The molecule has 162 valence electrons. The number of aryl methyl sites for hydroxylation is 1. The summed E-state index contributed by atoms with van der Waals surface area (Å²) < 4.78 is 11.6. The van der Waals surface area contributed by atoms with Gasteiger partial charge in [-0.25, -0.2) is 4.98 Å². The maximum absolute atomic E-state index is 13.2. The third kappa shape index (κ3) is 4.24. The third-order valence-electron chi connectivity index (χ3n) is 4.95. The minimum Gasteiger partial charge on any atom is -0.508 e. The molecule has 0 radical (unpaired) electrons. The fourth-order valence-corrected chi connectivity index (χ4v) is 3.93. The first-order chi connectivity index (χ1) is 14.4. The molecule has 2 heterocycles. The van der Waals surface area contributed by atoms with Crippen LogP contribution in [0.5, 0.6) is 11.6 Å². The first-order valence-electron chi connectivity index (χ1n) is 9.54. The summed E-state index contributed by atoms with van der Waals surface area (Å²) in [6.45, 7) is 8.67. The smallest absolute Gasteiger partial charge is 0.243 e. The summed E-state index contributed by atoms with van der Waals surface area (Å²) in [6, 6.07) is 6.96. The topological polar surface area (TPSA) is 105 Å². The summed E-state index contributed by atoms with van der Waals surface area (Å²) in [5, 5.41) is 20.0. The van der Waals surface area contributed by atoms with Gasteiger partial charge in [-0.05, 0) is 69.0 Å². The Labute approximate surface area is 190 Å². The lowest BCUT2D eigenvalue weighted by Crippen LogP contribution is -2.49. The Balaban J connectivity index is 2.18. The van der Waals surface area contributed by atoms with Crippen LogP contribution < -0.4 is 4.74 Å². The summed E-state index contributed by atoms with van der Waals surface area (Å²) >= 11 is 11.8. The molecule has 0 aliphatic carbocycles. The standard InChI is InChI=1S/C22H21Cl2N3O4/c1-6-11-7-8-12(30-19-14(10-25)18(23)26-20(24)27-19)9-13(11)15-16(28)21(2,3)31-22(4,5)17(15)29/h7-9,28H,6H2,1-5H3. The van der Waals surface area contributed by atoms with E-state index in [1.165, 1.54) is 0 Å². The highest BCUT2D eigenvalue weighted by molar-refractivity contribution is 6.32. The largest absolute Gasteiger partial charge is 0.508 e. The summed E-state index contributed by atoms with van der Waals surface area (Å²) in [7, 11) is 0. The van der Waals surface area contributed by atoms with Crippen molar-refractivity contribution in [1.82, 2.24) is 9.97 Å². The SMILES string of the molecule is CCc1ccc(Oc2nc(Cl)nc(Cl)c2C#N)cc1C1=C(O)C(C)(C)OC(C)(C)C1=O. The third-order valence-corrected chi connectivity index (χ3v) is 5.40. The van der Waals surface area contributed by atoms with Crippen LogP contribution in [0.4, 0.5) is 0 Å². The van der Waals surface area contributed by atoms with Crippen molar-refractivity contribution in [2.24, 2.45) is 0 Å². The summed E-state index contributed by atoms with van der Waals surface area (Å²) in [5.74, 6) is -0.332. The molecular weight excluding hydrogens is 441 g/mol. The molecule has 0 fully saturated rings. The predicted octanol–water partition coefficient (Wildman–Crippen LogP) is 5.44. The van der Waals surface area contributed by atoms with Crippen molar-refractivity contribution in [3.05, 3.63) is 51.1 Å². The van der Waals surface area contributed by atoms with Gasteiger partial charge < -0.3 is 14.6 Å². The molecule has 3 rings (SSSR count). The Morgan fingerprint density at radius 1 is 1.19 bits per heavy atom.